The SMILES string of the molecule is O=C(COCc1nc2ccccc2s1)Nc1ccc(Cl)c(Cl)c1. The summed E-state index contributed by atoms with van der Waals surface area (Å²) in [6.07, 6.45) is 0. The third kappa shape index (κ3) is 4.20. The van der Waals surface area contributed by atoms with Crippen LogP contribution in [0.25, 0.3) is 10.2 Å². The Kier molecular flexibility index (Phi) is 5.13. The molecule has 0 radical (unpaired) electrons. The largest absolute Gasteiger partial charge is 0.364 e. The molecule has 0 saturated carbocycles. The highest BCUT2D eigenvalue weighted by molar-refractivity contribution is 7.18. The van der Waals surface area contributed by atoms with Crippen LogP contribution in [0.2, 0.25) is 10.0 Å². The van der Waals surface area contributed by atoms with Crippen LogP contribution in [0.5, 0.6) is 0 Å². The van der Waals surface area contributed by atoms with Crippen molar-refractivity contribution in [3.8, 4) is 0 Å². The van der Waals surface area contributed by atoms with Crippen molar-refractivity contribution in [2.24, 2.45) is 0 Å². The van der Waals surface area contributed by atoms with Crippen LogP contribution in [-0.4, -0.2) is 17.5 Å². The molecule has 3 rings (SSSR count). The second-order valence-corrected chi connectivity index (χ2v) is 6.67. The van der Waals surface area contributed by atoms with Gasteiger partial charge < -0.3 is 10.1 Å². The Morgan fingerprint density at radius 1 is 1.17 bits per heavy atom. The molecule has 23 heavy (non-hydrogen) atoms. The standard InChI is InChI=1S/C16H12Cl2N2O2S/c17-11-6-5-10(7-12(11)18)19-15(21)8-22-9-16-20-13-3-1-2-4-14(13)23-16/h1-7H,8-9H2,(H,19,21). The van der Waals surface area contributed by atoms with Crippen molar-refractivity contribution in [2.75, 3.05) is 11.9 Å². The van der Waals surface area contributed by atoms with Gasteiger partial charge in [-0.15, -0.1) is 11.3 Å². The predicted molar refractivity (Wildman–Crippen MR) is 94.4 cm³/mol. The van der Waals surface area contributed by atoms with Gasteiger partial charge in [-0.1, -0.05) is 35.3 Å². The summed E-state index contributed by atoms with van der Waals surface area (Å²) in [4.78, 5) is 16.3. The summed E-state index contributed by atoms with van der Waals surface area (Å²) in [7, 11) is 0. The van der Waals surface area contributed by atoms with E-state index in [1.807, 2.05) is 24.3 Å². The van der Waals surface area contributed by atoms with E-state index in [1.54, 1.807) is 29.5 Å². The van der Waals surface area contributed by atoms with Gasteiger partial charge in [0.05, 0.1) is 26.9 Å². The van der Waals surface area contributed by atoms with E-state index in [-0.39, 0.29) is 12.5 Å². The molecule has 7 heteroatoms. The predicted octanol–water partition coefficient (Wildman–Crippen LogP) is 4.76. The van der Waals surface area contributed by atoms with Crippen LogP contribution in [0.15, 0.2) is 42.5 Å². The lowest BCUT2D eigenvalue weighted by atomic mass is 10.3. The molecule has 0 saturated heterocycles. The van der Waals surface area contributed by atoms with Crippen molar-refractivity contribution in [3.05, 3.63) is 57.5 Å². The number of carbonyl (C=O) groups is 1. The van der Waals surface area contributed by atoms with E-state index in [9.17, 15) is 4.79 Å². The normalized spacial score (nSPS) is 10.9. The molecule has 0 aliphatic rings. The number of amides is 1. The zero-order valence-electron chi connectivity index (χ0n) is 11.9. The molecule has 1 amide bonds. The van der Waals surface area contributed by atoms with Crippen LogP contribution in [0.4, 0.5) is 5.69 Å². The molecule has 0 spiro atoms. The van der Waals surface area contributed by atoms with Gasteiger partial charge in [0.2, 0.25) is 5.91 Å². The van der Waals surface area contributed by atoms with Crippen molar-refractivity contribution in [1.82, 2.24) is 4.98 Å². The van der Waals surface area contributed by atoms with E-state index in [1.165, 1.54) is 0 Å². The fraction of sp³-hybridized carbons (Fsp3) is 0.125. The number of hydrogen-bond donors (Lipinski definition) is 1. The van der Waals surface area contributed by atoms with E-state index in [4.69, 9.17) is 27.9 Å². The van der Waals surface area contributed by atoms with E-state index in [0.29, 0.717) is 22.3 Å². The quantitative estimate of drug-likeness (QED) is 0.708. The number of carbonyl (C=O) groups excluding carboxylic acids is 1. The van der Waals surface area contributed by atoms with Gasteiger partial charge in [0, 0.05) is 5.69 Å². The number of para-hydroxylation sites is 1. The summed E-state index contributed by atoms with van der Waals surface area (Å²) in [6.45, 7) is 0.240. The molecule has 3 aromatic rings. The number of ether oxygens (including phenoxy) is 1. The first-order chi connectivity index (χ1) is 11.1. The summed E-state index contributed by atoms with van der Waals surface area (Å²) in [5.74, 6) is -0.260. The van der Waals surface area contributed by atoms with Gasteiger partial charge in [0.1, 0.15) is 11.6 Å². The highest BCUT2D eigenvalue weighted by atomic mass is 35.5. The van der Waals surface area contributed by atoms with Crippen LogP contribution in [0.3, 0.4) is 0 Å². The lowest BCUT2D eigenvalue weighted by Crippen LogP contribution is -2.18. The molecule has 2 aromatic carbocycles. The van der Waals surface area contributed by atoms with Crippen LogP contribution in [0.1, 0.15) is 5.01 Å². The summed E-state index contributed by atoms with van der Waals surface area (Å²) < 4.78 is 6.52. The number of anilines is 1. The molecule has 0 atom stereocenters. The van der Waals surface area contributed by atoms with Crippen LogP contribution in [-0.2, 0) is 16.1 Å². The van der Waals surface area contributed by atoms with Crippen LogP contribution in [0, 0.1) is 0 Å². The zero-order valence-corrected chi connectivity index (χ0v) is 14.2. The Labute approximate surface area is 147 Å². The van der Waals surface area contributed by atoms with Crippen molar-refractivity contribution in [3.63, 3.8) is 0 Å². The monoisotopic (exact) mass is 366 g/mol. The molecule has 0 bridgehead atoms. The van der Waals surface area contributed by atoms with Crippen molar-refractivity contribution in [2.45, 2.75) is 6.61 Å². The minimum atomic E-state index is -0.260. The summed E-state index contributed by atoms with van der Waals surface area (Å²) >= 11 is 13.3. The van der Waals surface area contributed by atoms with Gasteiger partial charge in [-0.05, 0) is 30.3 Å². The van der Waals surface area contributed by atoms with E-state index >= 15 is 0 Å². The Morgan fingerprint density at radius 3 is 2.78 bits per heavy atom. The van der Waals surface area contributed by atoms with Gasteiger partial charge in [-0.25, -0.2) is 4.98 Å². The summed E-state index contributed by atoms with van der Waals surface area (Å²) in [6, 6.07) is 12.8. The van der Waals surface area contributed by atoms with Gasteiger partial charge >= 0.3 is 0 Å². The molecule has 0 aliphatic heterocycles. The molecule has 4 nitrogen and oxygen atoms in total. The minimum absolute atomic E-state index is 0.0594. The Bertz CT molecular complexity index is 818. The number of halogens is 2. The number of rotatable bonds is 5. The van der Waals surface area contributed by atoms with Gasteiger partial charge in [0.15, 0.2) is 0 Å². The average molecular weight is 367 g/mol. The number of nitrogens with one attached hydrogen (secondary N) is 1. The molecule has 0 aliphatic carbocycles. The Hall–Kier alpha value is -1.66. The Morgan fingerprint density at radius 2 is 2.00 bits per heavy atom. The highest BCUT2D eigenvalue weighted by Gasteiger charge is 2.07. The molecular formula is C16H12Cl2N2O2S. The fourth-order valence-corrected chi connectivity index (χ4v) is 3.19. The second-order valence-electron chi connectivity index (χ2n) is 4.75. The first-order valence-corrected chi connectivity index (χ1v) is 8.36. The maximum Gasteiger partial charge on any atom is 0.250 e. The minimum Gasteiger partial charge on any atom is -0.364 e. The molecule has 118 valence electrons. The molecule has 0 fully saturated rings. The van der Waals surface area contributed by atoms with E-state index in [0.717, 1.165) is 15.2 Å². The molecule has 1 aromatic heterocycles. The number of aromatic nitrogens is 1. The summed E-state index contributed by atoms with van der Waals surface area (Å²) in [5.41, 5.74) is 1.52. The first kappa shape index (κ1) is 16.2. The van der Waals surface area contributed by atoms with Gasteiger partial charge in [-0.2, -0.15) is 0 Å². The number of fused-ring (bicyclic) bond motifs is 1. The number of nitrogens with zero attached hydrogens (tertiary/aromatic N) is 1. The molecular weight excluding hydrogens is 355 g/mol. The first-order valence-electron chi connectivity index (χ1n) is 6.79. The van der Waals surface area contributed by atoms with Gasteiger partial charge in [-0.3, -0.25) is 4.79 Å². The molecule has 1 heterocycles. The third-order valence-corrected chi connectivity index (χ3v) is 4.75. The average Bonchev–Trinajstić information content (AvgIpc) is 2.93. The maximum absolute atomic E-state index is 11.8. The lowest BCUT2D eigenvalue weighted by molar-refractivity contribution is -0.121. The van der Waals surface area contributed by atoms with Crippen molar-refractivity contribution in [1.29, 1.82) is 0 Å². The lowest BCUT2D eigenvalue weighted by Gasteiger charge is -2.06. The van der Waals surface area contributed by atoms with Gasteiger partial charge in [0.25, 0.3) is 0 Å². The van der Waals surface area contributed by atoms with Crippen molar-refractivity contribution < 1.29 is 9.53 Å². The van der Waals surface area contributed by atoms with Crippen LogP contribution >= 0.6 is 34.5 Å². The van der Waals surface area contributed by atoms with Crippen LogP contribution < -0.4 is 5.32 Å². The summed E-state index contributed by atoms with van der Waals surface area (Å²) in [5, 5.41) is 4.37. The van der Waals surface area contributed by atoms with E-state index < -0.39 is 0 Å². The highest BCUT2D eigenvalue weighted by Crippen LogP contribution is 2.25. The Balaban J connectivity index is 1.51. The fourth-order valence-electron chi connectivity index (χ4n) is 1.98. The van der Waals surface area contributed by atoms with E-state index in [2.05, 4.69) is 10.3 Å². The number of benzene rings is 2. The zero-order chi connectivity index (χ0) is 16.2. The third-order valence-electron chi connectivity index (χ3n) is 3.00. The smallest absolute Gasteiger partial charge is 0.250 e. The molecule has 0 unspecified atom stereocenters. The molecule has 1 N–H and O–H groups in total. The van der Waals surface area contributed by atoms with Crippen molar-refractivity contribution >= 4 is 56.3 Å². The number of hydrogen-bond acceptors (Lipinski definition) is 4. The number of thiazole rings is 1. The maximum atomic E-state index is 11.8. The topological polar surface area (TPSA) is 51.2 Å². The second kappa shape index (κ2) is 7.27.